The molecule has 1 N–H and O–H groups in total. The van der Waals surface area contributed by atoms with Gasteiger partial charge in [-0.25, -0.2) is 4.39 Å². The zero-order chi connectivity index (χ0) is 9.68. The van der Waals surface area contributed by atoms with E-state index in [2.05, 4.69) is 21.2 Å². The number of hydrogen-bond donors (Lipinski definition) is 1. The molecule has 0 aromatic heterocycles. The molecule has 1 nitrogen and oxygen atoms in total. The largest absolute Gasteiger partial charge is 0.307 e. The van der Waals surface area contributed by atoms with Crippen molar-refractivity contribution in [1.82, 2.24) is 5.32 Å². The molecule has 0 saturated heterocycles. The molecule has 1 aromatic carbocycles. The maximum absolute atomic E-state index is 12.7. The number of alkyl halides is 1. The Bertz CT molecular complexity index is 280. The fourth-order valence-corrected chi connectivity index (χ4v) is 1.48. The Labute approximate surface area is 90.4 Å². The standard InChI is InChI=1S/C9H10BrClFN/c10-6-13-4-3-7-1-2-9(12)8(11)5-7/h1-2,5,13H,3-4,6H2. The molecule has 0 radical (unpaired) electrons. The molecule has 0 fully saturated rings. The summed E-state index contributed by atoms with van der Waals surface area (Å²) in [5, 5.41) is 3.30. The van der Waals surface area contributed by atoms with Crippen LogP contribution in [0.5, 0.6) is 0 Å². The van der Waals surface area contributed by atoms with Gasteiger partial charge in [0.05, 0.1) is 10.5 Å². The van der Waals surface area contributed by atoms with Gasteiger partial charge in [0.15, 0.2) is 0 Å². The molecule has 1 rings (SSSR count). The van der Waals surface area contributed by atoms with Crippen molar-refractivity contribution in [1.29, 1.82) is 0 Å². The summed E-state index contributed by atoms with van der Waals surface area (Å²) in [4.78, 5) is 0. The van der Waals surface area contributed by atoms with Gasteiger partial charge < -0.3 is 5.32 Å². The summed E-state index contributed by atoms with van der Waals surface area (Å²) in [7, 11) is 0. The van der Waals surface area contributed by atoms with Gasteiger partial charge in [0, 0.05) is 0 Å². The van der Waals surface area contributed by atoms with Crippen molar-refractivity contribution >= 4 is 27.5 Å². The Balaban J connectivity index is 2.53. The minimum absolute atomic E-state index is 0.191. The molecule has 0 amide bonds. The van der Waals surface area contributed by atoms with E-state index >= 15 is 0 Å². The lowest BCUT2D eigenvalue weighted by Crippen LogP contribution is -2.14. The lowest BCUT2D eigenvalue weighted by molar-refractivity contribution is 0.627. The van der Waals surface area contributed by atoms with Gasteiger partial charge in [-0.1, -0.05) is 33.6 Å². The predicted octanol–water partition coefficient (Wildman–Crippen LogP) is 2.96. The highest BCUT2D eigenvalue weighted by atomic mass is 79.9. The molecular formula is C9H10BrClFN. The molecule has 0 aliphatic carbocycles. The first-order valence-electron chi connectivity index (χ1n) is 3.94. The topological polar surface area (TPSA) is 12.0 Å². The van der Waals surface area contributed by atoms with Gasteiger partial charge in [-0.3, -0.25) is 0 Å². The van der Waals surface area contributed by atoms with Crippen LogP contribution in [-0.4, -0.2) is 12.0 Å². The molecule has 0 unspecified atom stereocenters. The van der Waals surface area contributed by atoms with Crippen LogP contribution < -0.4 is 5.32 Å². The van der Waals surface area contributed by atoms with Crippen molar-refractivity contribution < 1.29 is 4.39 Å². The summed E-state index contributed by atoms with van der Waals surface area (Å²) in [6.45, 7) is 0.854. The first-order valence-corrected chi connectivity index (χ1v) is 5.44. The number of hydrogen-bond acceptors (Lipinski definition) is 1. The third-order valence-electron chi connectivity index (χ3n) is 1.67. The van der Waals surface area contributed by atoms with Crippen LogP contribution in [-0.2, 0) is 6.42 Å². The molecule has 0 aliphatic heterocycles. The van der Waals surface area contributed by atoms with Crippen LogP contribution in [0.1, 0.15) is 5.56 Å². The molecule has 0 spiro atoms. The predicted molar refractivity (Wildman–Crippen MR) is 56.9 cm³/mol. The van der Waals surface area contributed by atoms with E-state index < -0.39 is 0 Å². The maximum Gasteiger partial charge on any atom is 0.141 e. The number of rotatable bonds is 4. The van der Waals surface area contributed by atoms with Crippen molar-refractivity contribution in [2.45, 2.75) is 6.42 Å². The SMILES string of the molecule is Fc1ccc(CCNCBr)cc1Cl. The van der Waals surface area contributed by atoms with Crippen LogP contribution in [0.2, 0.25) is 5.02 Å². The van der Waals surface area contributed by atoms with Gasteiger partial charge in [0.1, 0.15) is 5.82 Å². The van der Waals surface area contributed by atoms with Gasteiger partial charge in [-0.15, -0.1) is 0 Å². The normalized spacial score (nSPS) is 10.4. The van der Waals surface area contributed by atoms with E-state index in [0.717, 1.165) is 24.0 Å². The molecular weight excluding hydrogens is 256 g/mol. The average Bonchev–Trinajstić information content (AvgIpc) is 2.12. The van der Waals surface area contributed by atoms with Gasteiger partial charge >= 0.3 is 0 Å². The zero-order valence-electron chi connectivity index (χ0n) is 6.99. The van der Waals surface area contributed by atoms with Gasteiger partial charge in [0.25, 0.3) is 0 Å². The maximum atomic E-state index is 12.7. The fraction of sp³-hybridized carbons (Fsp3) is 0.333. The summed E-state index contributed by atoms with van der Waals surface area (Å²) in [5.41, 5.74) is 1.81. The Morgan fingerprint density at radius 3 is 2.85 bits per heavy atom. The Morgan fingerprint density at radius 2 is 2.23 bits per heavy atom. The van der Waals surface area contributed by atoms with Crippen LogP contribution in [0.15, 0.2) is 18.2 Å². The highest BCUT2D eigenvalue weighted by Crippen LogP contribution is 2.15. The molecule has 0 heterocycles. The fourth-order valence-electron chi connectivity index (χ4n) is 0.995. The van der Waals surface area contributed by atoms with Crippen molar-refractivity contribution in [3.63, 3.8) is 0 Å². The minimum atomic E-state index is -0.362. The second-order valence-electron chi connectivity index (χ2n) is 2.63. The molecule has 0 saturated carbocycles. The first kappa shape index (κ1) is 11.0. The molecule has 13 heavy (non-hydrogen) atoms. The van der Waals surface area contributed by atoms with Crippen LogP contribution in [0.25, 0.3) is 0 Å². The van der Waals surface area contributed by atoms with E-state index in [0.29, 0.717) is 0 Å². The smallest absolute Gasteiger partial charge is 0.141 e. The van der Waals surface area contributed by atoms with Gasteiger partial charge in [0.2, 0.25) is 0 Å². The summed E-state index contributed by atoms with van der Waals surface area (Å²) >= 11 is 8.87. The van der Waals surface area contributed by atoms with E-state index in [-0.39, 0.29) is 10.8 Å². The molecule has 0 bridgehead atoms. The number of benzene rings is 1. The monoisotopic (exact) mass is 265 g/mol. The van der Waals surface area contributed by atoms with Crippen LogP contribution in [0.3, 0.4) is 0 Å². The van der Waals surface area contributed by atoms with E-state index in [1.165, 1.54) is 6.07 Å². The highest BCUT2D eigenvalue weighted by Gasteiger charge is 1.99. The molecule has 72 valence electrons. The van der Waals surface area contributed by atoms with Crippen molar-refractivity contribution in [2.75, 3.05) is 12.0 Å². The van der Waals surface area contributed by atoms with Crippen LogP contribution in [0.4, 0.5) is 4.39 Å². The lowest BCUT2D eigenvalue weighted by atomic mass is 10.1. The zero-order valence-corrected chi connectivity index (χ0v) is 9.33. The van der Waals surface area contributed by atoms with Crippen molar-refractivity contribution in [3.8, 4) is 0 Å². The quantitative estimate of drug-likeness (QED) is 0.502. The van der Waals surface area contributed by atoms with Crippen molar-refractivity contribution in [2.24, 2.45) is 0 Å². The Morgan fingerprint density at radius 1 is 1.46 bits per heavy atom. The minimum Gasteiger partial charge on any atom is -0.307 e. The van der Waals surface area contributed by atoms with Crippen molar-refractivity contribution in [3.05, 3.63) is 34.6 Å². The second kappa shape index (κ2) is 5.58. The summed E-state index contributed by atoms with van der Waals surface area (Å²) in [6, 6.07) is 4.80. The summed E-state index contributed by atoms with van der Waals surface area (Å²) in [6.07, 6.45) is 0.853. The average molecular weight is 267 g/mol. The Kier molecular flexibility index (Phi) is 4.70. The summed E-state index contributed by atoms with van der Waals surface area (Å²) in [5.74, 6) is -0.362. The second-order valence-corrected chi connectivity index (χ2v) is 3.60. The molecule has 0 atom stereocenters. The third kappa shape index (κ3) is 3.63. The van der Waals surface area contributed by atoms with Gasteiger partial charge in [-0.05, 0) is 30.7 Å². The first-order chi connectivity index (χ1) is 6.24. The van der Waals surface area contributed by atoms with E-state index in [9.17, 15) is 4.39 Å². The number of halogens is 3. The third-order valence-corrected chi connectivity index (χ3v) is 2.36. The van der Waals surface area contributed by atoms with E-state index in [4.69, 9.17) is 11.6 Å². The van der Waals surface area contributed by atoms with Crippen LogP contribution in [0, 0.1) is 5.82 Å². The molecule has 0 aliphatic rings. The van der Waals surface area contributed by atoms with E-state index in [1.807, 2.05) is 0 Å². The highest BCUT2D eigenvalue weighted by molar-refractivity contribution is 9.09. The van der Waals surface area contributed by atoms with E-state index in [1.54, 1.807) is 12.1 Å². The van der Waals surface area contributed by atoms with Gasteiger partial charge in [-0.2, -0.15) is 0 Å². The Hall–Kier alpha value is -0.120. The molecule has 4 heteroatoms. The number of nitrogens with one attached hydrogen (secondary N) is 1. The summed E-state index contributed by atoms with van der Waals surface area (Å²) < 4.78 is 12.7. The lowest BCUT2D eigenvalue weighted by Gasteiger charge is -2.02. The molecule has 1 aromatic rings. The van der Waals surface area contributed by atoms with Crippen LogP contribution >= 0.6 is 27.5 Å².